The highest BCUT2D eigenvalue weighted by Crippen LogP contribution is 2.36. The van der Waals surface area contributed by atoms with Crippen LogP contribution in [0.3, 0.4) is 0 Å². The van der Waals surface area contributed by atoms with Crippen LogP contribution in [0, 0.1) is 5.82 Å². The summed E-state index contributed by atoms with van der Waals surface area (Å²) in [7, 11) is 1.50. The molecule has 3 heterocycles. The molecule has 1 saturated heterocycles. The van der Waals surface area contributed by atoms with Gasteiger partial charge in [-0.15, -0.1) is 12.4 Å². The summed E-state index contributed by atoms with van der Waals surface area (Å²) in [6.45, 7) is 4.41. The number of methoxy groups -OCH3 is 1. The molecule has 2 aromatic heterocycles. The highest BCUT2D eigenvalue weighted by atomic mass is 35.5. The maximum atomic E-state index is 13.3. The van der Waals surface area contributed by atoms with Gasteiger partial charge in [-0.2, -0.15) is 4.98 Å². The molecule has 1 unspecified atom stereocenters. The van der Waals surface area contributed by atoms with Gasteiger partial charge in [0.25, 0.3) is 5.91 Å². The van der Waals surface area contributed by atoms with Gasteiger partial charge in [-0.1, -0.05) is 6.07 Å². The van der Waals surface area contributed by atoms with Crippen molar-refractivity contribution < 1.29 is 13.9 Å². The molecule has 174 valence electrons. The molecule has 1 fully saturated rings. The molecule has 33 heavy (non-hydrogen) atoms. The molecule has 1 amide bonds. The number of ether oxygens (including phenoxy) is 1. The van der Waals surface area contributed by atoms with Crippen LogP contribution in [-0.2, 0) is 0 Å². The number of nitrogens with two attached hydrogens (primary N) is 1. The fraction of sp³-hybridized carbons (Fsp3) is 0.286. The first-order valence-electron chi connectivity index (χ1n) is 10.0. The van der Waals surface area contributed by atoms with Crippen LogP contribution in [0.2, 0.25) is 0 Å². The molecular formula is C21H24ClFN8O2. The number of anilines is 3. The van der Waals surface area contributed by atoms with Gasteiger partial charge < -0.3 is 26.0 Å². The minimum atomic E-state index is -0.663. The number of carbonyl (C=O) groups is 1. The minimum absolute atomic E-state index is 0. The number of rotatable bonds is 6. The smallest absolute Gasteiger partial charge is 0.254 e. The Hall–Kier alpha value is -3.57. The Bertz CT molecular complexity index is 1130. The number of carbonyl (C=O) groups excluding carboxylic acids is 1. The Morgan fingerprint density at radius 3 is 2.70 bits per heavy atom. The standard InChI is InChI=1S/C21H23FN8O2.ClH/c1-12-8-24-6-7-30(12)21-27-11-15(18(23)31)20(29-21)28-16-5-3-4-14(17(16)32-2)19-25-9-13(22)10-26-19;/h3-5,9-12,24H,6-8H2,1-2H3,(H2,23,31)(H,27,28,29);1H. The predicted molar refractivity (Wildman–Crippen MR) is 125 cm³/mol. The van der Waals surface area contributed by atoms with E-state index in [0.29, 0.717) is 28.8 Å². The lowest BCUT2D eigenvalue weighted by Gasteiger charge is -2.34. The van der Waals surface area contributed by atoms with Gasteiger partial charge in [0, 0.05) is 31.9 Å². The zero-order chi connectivity index (χ0) is 22.7. The van der Waals surface area contributed by atoms with E-state index < -0.39 is 11.7 Å². The Morgan fingerprint density at radius 2 is 2.03 bits per heavy atom. The van der Waals surface area contributed by atoms with Crippen molar-refractivity contribution in [1.29, 1.82) is 0 Å². The number of nitrogens with one attached hydrogen (secondary N) is 2. The van der Waals surface area contributed by atoms with E-state index in [2.05, 4.69) is 42.4 Å². The molecule has 0 aliphatic carbocycles. The van der Waals surface area contributed by atoms with Crippen LogP contribution in [0.25, 0.3) is 11.4 Å². The van der Waals surface area contributed by atoms with E-state index in [-0.39, 0.29) is 29.8 Å². The molecular weight excluding hydrogens is 451 g/mol. The topological polar surface area (TPSA) is 131 Å². The number of hydrogen-bond donors (Lipinski definition) is 3. The second-order valence-corrected chi connectivity index (χ2v) is 7.28. The summed E-state index contributed by atoms with van der Waals surface area (Å²) in [4.78, 5) is 31.1. The number of benzene rings is 1. The van der Waals surface area contributed by atoms with Crippen LogP contribution in [0.15, 0.2) is 36.8 Å². The van der Waals surface area contributed by atoms with Crippen molar-refractivity contribution in [3.05, 3.63) is 48.2 Å². The zero-order valence-corrected chi connectivity index (χ0v) is 18.9. The Labute approximate surface area is 196 Å². The van der Waals surface area contributed by atoms with Gasteiger partial charge in [0.1, 0.15) is 11.4 Å². The molecule has 0 radical (unpaired) electrons. The summed E-state index contributed by atoms with van der Waals surface area (Å²) in [5.41, 5.74) is 6.76. The average molecular weight is 475 g/mol. The molecule has 0 bridgehead atoms. The van der Waals surface area contributed by atoms with E-state index in [1.807, 2.05) is 0 Å². The van der Waals surface area contributed by atoms with Gasteiger partial charge in [0.2, 0.25) is 5.95 Å². The quantitative estimate of drug-likeness (QED) is 0.491. The van der Waals surface area contributed by atoms with E-state index in [1.165, 1.54) is 13.3 Å². The van der Waals surface area contributed by atoms with Gasteiger partial charge in [-0.05, 0) is 19.1 Å². The van der Waals surface area contributed by atoms with E-state index in [4.69, 9.17) is 10.5 Å². The summed E-state index contributed by atoms with van der Waals surface area (Å²) in [5.74, 6) is 0.241. The van der Waals surface area contributed by atoms with Crippen LogP contribution in [-0.4, -0.2) is 58.6 Å². The first kappa shape index (κ1) is 24.1. The van der Waals surface area contributed by atoms with Crippen LogP contribution in [0.5, 0.6) is 5.75 Å². The van der Waals surface area contributed by atoms with Crippen LogP contribution >= 0.6 is 12.4 Å². The third-order valence-electron chi connectivity index (χ3n) is 5.13. The lowest BCUT2D eigenvalue weighted by molar-refractivity contribution is 0.100. The Morgan fingerprint density at radius 1 is 1.27 bits per heavy atom. The molecule has 0 spiro atoms. The first-order chi connectivity index (χ1) is 15.5. The van der Waals surface area contributed by atoms with Gasteiger partial charge in [0.05, 0.1) is 30.8 Å². The molecule has 1 aromatic carbocycles. The molecule has 4 N–H and O–H groups in total. The van der Waals surface area contributed by atoms with Crippen molar-refractivity contribution in [2.24, 2.45) is 5.73 Å². The molecule has 10 nitrogen and oxygen atoms in total. The van der Waals surface area contributed by atoms with E-state index >= 15 is 0 Å². The maximum Gasteiger partial charge on any atom is 0.254 e. The molecule has 3 aromatic rings. The summed E-state index contributed by atoms with van der Waals surface area (Å²) in [5, 5.41) is 6.46. The highest BCUT2D eigenvalue weighted by molar-refractivity contribution is 5.98. The summed E-state index contributed by atoms with van der Waals surface area (Å²) >= 11 is 0. The minimum Gasteiger partial charge on any atom is -0.494 e. The largest absolute Gasteiger partial charge is 0.494 e. The highest BCUT2D eigenvalue weighted by Gasteiger charge is 2.23. The van der Waals surface area contributed by atoms with Gasteiger partial charge in [-0.25, -0.2) is 19.3 Å². The summed E-state index contributed by atoms with van der Waals surface area (Å²) < 4.78 is 18.8. The summed E-state index contributed by atoms with van der Waals surface area (Å²) in [6.07, 6.45) is 3.58. The fourth-order valence-corrected chi connectivity index (χ4v) is 3.54. The van der Waals surface area contributed by atoms with Crippen LogP contribution in [0.1, 0.15) is 17.3 Å². The van der Waals surface area contributed by atoms with Gasteiger partial charge in [-0.3, -0.25) is 4.79 Å². The molecule has 1 aliphatic heterocycles. The molecule has 1 aliphatic rings. The lowest BCUT2D eigenvalue weighted by atomic mass is 10.1. The van der Waals surface area contributed by atoms with Crippen LogP contribution < -0.4 is 26.0 Å². The third kappa shape index (κ3) is 5.10. The van der Waals surface area contributed by atoms with Crippen LogP contribution in [0.4, 0.5) is 21.8 Å². The number of primary amides is 1. The zero-order valence-electron chi connectivity index (χ0n) is 18.1. The maximum absolute atomic E-state index is 13.3. The Balaban J connectivity index is 0.00000306. The second kappa shape index (κ2) is 10.4. The Kier molecular flexibility index (Phi) is 7.56. The van der Waals surface area contributed by atoms with Crippen molar-refractivity contribution >= 4 is 35.8 Å². The monoisotopic (exact) mass is 474 g/mol. The van der Waals surface area contributed by atoms with Crippen molar-refractivity contribution in [3.8, 4) is 17.1 Å². The normalized spacial score (nSPS) is 15.5. The number of halogens is 2. The number of aromatic nitrogens is 4. The number of hydrogen-bond acceptors (Lipinski definition) is 9. The molecule has 4 rings (SSSR count). The predicted octanol–water partition coefficient (Wildman–Crippen LogP) is 2.14. The molecule has 0 saturated carbocycles. The molecule has 1 atom stereocenters. The molecule has 12 heteroatoms. The second-order valence-electron chi connectivity index (χ2n) is 7.28. The number of nitrogens with zero attached hydrogens (tertiary/aromatic N) is 5. The van der Waals surface area contributed by atoms with E-state index in [9.17, 15) is 9.18 Å². The first-order valence-corrected chi connectivity index (χ1v) is 10.0. The number of piperazine rings is 1. The van der Waals surface area contributed by atoms with Crippen molar-refractivity contribution in [3.63, 3.8) is 0 Å². The third-order valence-corrected chi connectivity index (χ3v) is 5.13. The summed E-state index contributed by atoms with van der Waals surface area (Å²) in [6, 6.07) is 5.45. The van der Waals surface area contributed by atoms with Crippen molar-refractivity contribution in [1.82, 2.24) is 25.3 Å². The lowest BCUT2D eigenvalue weighted by Crippen LogP contribution is -2.50. The van der Waals surface area contributed by atoms with Crippen molar-refractivity contribution in [2.75, 3.05) is 37.0 Å². The van der Waals surface area contributed by atoms with Crippen molar-refractivity contribution in [2.45, 2.75) is 13.0 Å². The SMILES string of the molecule is COc1c(Nc2nc(N3CCNCC3C)ncc2C(N)=O)cccc1-c1ncc(F)cn1.Cl. The number of amides is 1. The number of para-hydroxylation sites is 1. The van der Waals surface area contributed by atoms with Gasteiger partial charge >= 0.3 is 0 Å². The van der Waals surface area contributed by atoms with E-state index in [0.717, 1.165) is 32.0 Å². The van der Waals surface area contributed by atoms with E-state index in [1.54, 1.807) is 18.2 Å². The average Bonchev–Trinajstić information content (AvgIpc) is 2.79. The fourth-order valence-electron chi connectivity index (χ4n) is 3.54. The van der Waals surface area contributed by atoms with Gasteiger partial charge in [0.15, 0.2) is 17.4 Å².